The van der Waals surface area contributed by atoms with Crippen molar-refractivity contribution in [2.45, 2.75) is 19.8 Å². The summed E-state index contributed by atoms with van der Waals surface area (Å²) in [7, 11) is 0. The molecule has 1 aliphatic heterocycles. The van der Waals surface area contributed by atoms with Crippen LogP contribution < -0.4 is 0 Å². The van der Waals surface area contributed by atoms with Crippen LogP contribution in [0.15, 0.2) is 23.0 Å². The molecule has 1 aliphatic carbocycles. The SMILES string of the molecule is CC1=C2OCOCC2=CCC1. The third kappa shape index (κ3) is 1.18. The number of fused-ring (bicyclic) bond motifs is 1. The van der Waals surface area contributed by atoms with E-state index in [9.17, 15) is 0 Å². The molecule has 2 rings (SSSR count). The highest BCUT2D eigenvalue weighted by Crippen LogP contribution is 2.28. The molecule has 0 radical (unpaired) electrons. The molecule has 0 unspecified atom stereocenters. The second kappa shape index (κ2) is 2.70. The van der Waals surface area contributed by atoms with E-state index in [1.165, 1.54) is 11.1 Å². The first-order valence-corrected chi connectivity index (χ1v) is 3.97. The van der Waals surface area contributed by atoms with E-state index in [-0.39, 0.29) is 0 Å². The molecule has 2 heteroatoms. The largest absolute Gasteiger partial charge is 0.467 e. The molecule has 60 valence electrons. The zero-order chi connectivity index (χ0) is 7.68. The molecule has 0 aromatic carbocycles. The topological polar surface area (TPSA) is 18.5 Å². The third-order valence-corrected chi connectivity index (χ3v) is 2.13. The molecular weight excluding hydrogens is 140 g/mol. The highest BCUT2D eigenvalue weighted by molar-refractivity contribution is 5.34. The van der Waals surface area contributed by atoms with Gasteiger partial charge in [0.25, 0.3) is 0 Å². The van der Waals surface area contributed by atoms with Crippen LogP contribution in [0.2, 0.25) is 0 Å². The lowest BCUT2D eigenvalue weighted by Gasteiger charge is -2.24. The van der Waals surface area contributed by atoms with Crippen LogP contribution in [0.4, 0.5) is 0 Å². The Balaban J connectivity index is 2.29. The van der Waals surface area contributed by atoms with Crippen molar-refractivity contribution in [3.05, 3.63) is 23.0 Å². The Morgan fingerprint density at radius 2 is 2.36 bits per heavy atom. The van der Waals surface area contributed by atoms with E-state index < -0.39 is 0 Å². The molecule has 2 aliphatic rings. The van der Waals surface area contributed by atoms with Crippen molar-refractivity contribution < 1.29 is 9.47 Å². The summed E-state index contributed by atoms with van der Waals surface area (Å²) in [6.07, 6.45) is 4.48. The monoisotopic (exact) mass is 152 g/mol. The van der Waals surface area contributed by atoms with Gasteiger partial charge in [-0.05, 0) is 25.3 Å². The van der Waals surface area contributed by atoms with E-state index in [2.05, 4.69) is 13.0 Å². The molecule has 0 atom stereocenters. The standard InChI is InChI=1S/C9H12O2/c1-7-3-2-4-8-5-10-6-11-9(7)8/h4H,2-3,5-6H2,1H3. The Labute approximate surface area is 66.5 Å². The number of allylic oxidation sites excluding steroid dienone is 2. The highest BCUT2D eigenvalue weighted by Gasteiger charge is 2.18. The van der Waals surface area contributed by atoms with Crippen LogP contribution in [-0.2, 0) is 9.47 Å². The lowest BCUT2D eigenvalue weighted by Crippen LogP contribution is -2.17. The molecule has 1 fully saturated rings. The Morgan fingerprint density at radius 1 is 1.45 bits per heavy atom. The van der Waals surface area contributed by atoms with Crippen molar-refractivity contribution in [2.24, 2.45) is 0 Å². The second-order valence-electron chi connectivity index (χ2n) is 2.99. The lowest BCUT2D eigenvalue weighted by molar-refractivity contribution is -0.0390. The first-order valence-electron chi connectivity index (χ1n) is 3.97. The summed E-state index contributed by atoms with van der Waals surface area (Å²) < 4.78 is 10.5. The van der Waals surface area contributed by atoms with Crippen molar-refractivity contribution in [1.29, 1.82) is 0 Å². The predicted molar refractivity (Wildman–Crippen MR) is 41.9 cm³/mol. The lowest BCUT2D eigenvalue weighted by atomic mass is 9.99. The smallest absolute Gasteiger partial charge is 0.189 e. The minimum absolute atomic E-state index is 0.421. The van der Waals surface area contributed by atoms with Gasteiger partial charge in [-0.3, -0.25) is 0 Å². The van der Waals surface area contributed by atoms with E-state index >= 15 is 0 Å². The van der Waals surface area contributed by atoms with Crippen LogP contribution in [0.25, 0.3) is 0 Å². The van der Waals surface area contributed by atoms with E-state index in [1.807, 2.05) is 0 Å². The van der Waals surface area contributed by atoms with Crippen LogP contribution in [0.5, 0.6) is 0 Å². The van der Waals surface area contributed by atoms with Gasteiger partial charge in [0.1, 0.15) is 5.76 Å². The van der Waals surface area contributed by atoms with Gasteiger partial charge in [-0.15, -0.1) is 0 Å². The maximum atomic E-state index is 5.38. The number of rotatable bonds is 0. The quantitative estimate of drug-likeness (QED) is 0.528. The molecule has 0 saturated carbocycles. The second-order valence-corrected chi connectivity index (χ2v) is 2.99. The van der Waals surface area contributed by atoms with Crippen LogP contribution in [0.1, 0.15) is 19.8 Å². The molecule has 0 N–H and O–H groups in total. The summed E-state index contributed by atoms with van der Waals surface area (Å²) in [5.41, 5.74) is 2.60. The van der Waals surface area contributed by atoms with Crippen molar-refractivity contribution in [2.75, 3.05) is 13.4 Å². The maximum Gasteiger partial charge on any atom is 0.189 e. The Morgan fingerprint density at radius 3 is 3.18 bits per heavy atom. The Kier molecular flexibility index (Phi) is 1.70. The van der Waals surface area contributed by atoms with Crippen molar-refractivity contribution in [3.8, 4) is 0 Å². The van der Waals surface area contributed by atoms with Gasteiger partial charge in [0.15, 0.2) is 6.79 Å². The van der Waals surface area contributed by atoms with Crippen LogP contribution >= 0.6 is 0 Å². The summed E-state index contributed by atoms with van der Waals surface area (Å²) in [5.74, 6) is 1.09. The molecule has 0 bridgehead atoms. The van der Waals surface area contributed by atoms with Crippen LogP contribution in [0.3, 0.4) is 0 Å². The zero-order valence-electron chi connectivity index (χ0n) is 6.72. The highest BCUT2D eigenvalue weighted by atomic mass is 16.7. The number of hydrogen-bond donors (Lipinski definition) is 0. The molecule has 0 spiro atoms. The van der Waals surface area contributed by atoms with Crippen molar-refractivity contribution in [3.63, 3.8) is 0 Å². The fourth-order valence-electron chi connectivity index (χ4n) is 1.54. The van der Waals surface area contributed by atoms with E-state index in [0.29, 0.717) is 6.79 Å². The van der Waals surface area contributed by atoms with Gasteiger partial charge in [0.05, 0.1) is 6.61 Å². The number of ether oxygens (including phenoxy) is 2. The van der Waals surface area contributed by atoms with Gasteiger partial charge in [0.2, 0.25) is 0 Å². The third-order valence-electron chi connectivity index (χ3n) is 2.13. The molecule has 11 heavy (non-hydrogen) atoms. The fraction of sp³-hybridized carbons (Fsp3) is 0.556. The van der Waals surface area contributed by atoms with E-state index in [4.69, 9.17) is 9.47 Å². The summed E-state index contributed by atoms with van der Waals surface area (Å²) in [6, 6.07) is 0. The van der Waals surface area contributed by atoms with Crippen LogP contribution in [-0.4, -0.2) is 13.4 Å². The van der Waals surface area contributed by atoms with Crippen LogP contribution in [0, 0.1) is 0 Å². The van der Waals surface area contributed by atoms with Gasteiger partial charge in [-0.2, -0.15) is 0 Å². The fourth-order valence-corrected chi connectivity index (χ4v) is 1.54. The molecule has 0 aromatic rings. The van der Waals surface area contributed by atoms with Gasteiger partial charge >= 0.3 is 0 Å². The summed E-state index contributed by atoms with van der Waals surface area (Å²) in [6.45, 7) is 3.28. The minimum atomic E-state index is 0.421. The average Bonchev–Trinajstić information content (AvgIpc) is 2.06. The minimum Gasteiger partial charge on any atom is -0.467 e. The first kappa shape index (κ1) is 6.92. The molecule has 1 saturated heterocycles. The van der Waals surface area contributed by atoms with E-state index in [0.717, 1.165) is 25.2 Å². The molecule has 1 heterocycles. The summed E-state index contributed by atoms with van der Waals surface area (Å²) in [4.78, 5) is 0. The molecular formula is C9H12O2. The van der Waals surface area contributed by atoms with Gasteiger partial charge in [-0.1, -0.05) is 6.08 Å². The molecule has 0 amide bonds. The van der Waals surface area contributed by atoms with Crippen molar-refractivity contribution in [1.82, 2.24) is 0 Å². The number of hydrogen-bond acceptors (Lipinski definition) is 2. The van der Waals surface area contributed by atoms with Gasteiger partial charge < -0.3 is 9.47 Å². The zero-order valence-corrected chi connectivity index (χ0v) is 6.72. The Hall–Kier alpha value is -0.760. The first-order chi connectivity index (χ1) is 5.38. The van der Waals surface area contributed by atoms with Gasteiger partial charge in [0, 0.05) is 5.57 Å². The van der Waals surface area contributed by atoms with Crippen molar-refractivity contribution >= 4 is 0 Å². The molecule has 0 aromatic heterocycles. The van der Waals surface area contributed by atoms with E-state index in [1.54, 1.807) is 0 Å². The predicted octanol–water partition coefficient (Wildman–Crippen LogP) is 1.98. The Bertz CT molecular complexity index is 226. The normalized spacial score (nSPS) is 23.9. The maximum absolute atomic E-state index is 5.38. The molecule has 2 nitrogen and oxygen atoms in total. The summed E-state index contributed by atoms with van der Waals surface area (Å²) in [5, 5.41) is 0. The summed E-state index contributed by atoms with van der Waals surface area (Å²) >= 11 is 0. The van der Waals surface area contributed by atoms with Gasteiger partial charge in [-0.25, -0.2) is 0 Å². The average molecular weight is 152 g/mol.